The molecule has 4 nitrogen and oxygen atoms in total. The number of rotatable bonds is 2. The second-order valence-electron chi connectivity index (χ2n) is 3.18. The van der Waals surface area contributed by atoms with Crippen molar-refractivity contribution in [3.63, 3.8) is 0 Å². The predicted molar refractivity (Wildman–Crippen MR) is 53.1 cm³/mol. The van der Waals surface area contributed by atoms with Crippen molar-refractivity contribution in [3.05, 3.63) is 18.1 Å². The molecule has 0 aliphatic heterocycles. The van der Waals surface area contributed by atoms with Crippen LogP contribution < -0.4 is 5.32 Å². The van der Waals surface area contributed by atoms with Gasteiger partial charge in [0.2, 0.25) is 0 Å². The monoisotopic (exact) mass is 230 g/mol. The number of H-pyrrole nitrogens is 1. The summed E-state index contributed by atoms with van der Waals surface area (Å²) in [4.78, 5) is 10.0. The Labute approximate surface area is 88.9 Å². The highest BCUT2D eigenvalue weighted by atomic mass is 19.4. The van der Waals surface area contributed by atoms with Crippen LogP contribution in [0.15, 0.2) is 12.5 Å². The van der Waals surface area contributed by atoms with Crippen molar-refractivity contribution < 1.29 is 13.2 Å². The fraction of sp³-hybridized carbons (Fsp3) is 0.333. The van der Waals surface area contributed by atoms with Crippen molar-refractivity contribution in [2.75, 3.05) is 11.9 Å². The van der Waals surface area contributed by atoms with E-state index >= 15 is 0 Å². The zero-order valence-corrected chi connectivity index (χ0v) is 8.39. The van der Waals surface area contributed by atoms with E-state index in [0.29, 0.717) is 6.54 Å². The van der Waals surface area contributed by atoms with Crippen LogP contribution in [-0.2, 0) is 6.18 Å². The zero-order valence-electron chi connectivity index (χ0n) is 8.39. The summed E-state index contributed by atoms with van der Waals surface area (Å²) in [6.07, 6.45) is -2.29. The molecule has 0 spiro atoms. The Bertz CT molecular complexity index is 503. The van der Waals surface area contributed by atoms with Gasteiger partial charge in [0.1, 0.15) is 17.8 Å². The van der Waals surface area contributed by atoms with Crippen LogP contribution in [0, 0.1) is 0 Å². The van der Waals surface area contributed by atoms with E-state index < -0.39 is 11.7 Å². The molecule has 0 saturated heterocycles. The normalized spacial score (nSPS) is 12.0. The van der Waals surface area contributed by atoms with Crippen LogP contribution in [0.2, 0.25) is 0 Å². The van der Waals surface area contributed by atoms with Crippen molar-refractivity contribution >= 4 is 16.9 Å². The maximum absolute atomic E-state index is 12.7. The molecule has 2 N–H and O–H groups in total. The van der Waals surface area contributed by atoms with E-state index in [1.165, 1.54) is 6.33 Å². The Morgan fingerprint density at radius 1 is 1.38 bits per heavy atom. The van der Waals surface area contributed by atoms with Crippen molar-refractivity contribution in [1.82, 2.24) is 15.0 Å². The molecule has 2 heterocycles. The van der Waals surface area contributed by atoms with Crippen molar-refractivity contribution in [1.29, 1.82) is 0 Å². The van der Waals surface area contributed by atoms with E-state index in [1.54, 1.807) is 6.92 Å². The summed E-state index contributed by atoms with van der Waals surface area (Å²) in [5.74, 6) is 0.195. The smallest absolute Gasteiger partial charge is 0.370 e. The maximum Gasteiger partial charge on any atom is 0.418 e. The summed E-state index contributed by atoms with van der Waals surface area (Å²) in [5, 5.41) is 2.76. The van der Waals surface area contributed by atoms with Gasteiger partial charge in [0.05, 0.1) is 10.9 Å². The molecule has 0 atom stereocenters. The molecule has 0 aromatic carbocycles. The largest absolute Gasteiger partial charge is 0.418 e. The number of nitrogens with zero attached hydrogens (tertiary/aromatic N) is 2. The van der Waals surface area contributed by atoms with E-state index in [2.05, 4.69) is 20.3 Å². The Kier molecular flexibility index (Phi) is 2.45. The van der Waals surface area contributed by atoms with Crippen LogP contribution in [0.5, 0.6) is 0 Å². The Balaban J connectivity index is 2.68. The number of aromatic amines is 1. The number of hydrogen-bond donors (Lipinski definition) is 2. The third-order valence-corrected chi connectivity index (χ3v) is 2.12. The van der Waals surface area contributed by atoms with Gasteiger partial charge in [0.15, 0.2) is 0 Å². The highest BCUT2D eigenvalue weighted by Crippen LogP contribution is 2.36. The Hall–Kier alpha value is -1.79. The molecule has 0 aliphatic carbocycles. The lowest BCUT2D eigenvalue weighted by molar-refractivity contribution is -0.136. The van der Waals surface area contributed by atoms with Crippen molar-refractivity contribution in [3.8, 4) is 0 Å². The van der Waals surface area contributed by atoms with Crippen molar-refractivity contribution in [2.45, 2.75) is 13.1 Å². The van der Waals surface area contributed by atoms with Crippen LogP contribution in [0.1, 0.15) is 12.5 Å². The Morgan fingerprint density at radius 3 is 2.75 bits per heavy atom. The van der Waals surface area contributed by atoms with Gasteiger partial charge in [-0.15, -0.1) is 0 Å². The molecular weight excluding hydrogens is 221 g/mol. The standard InChI is InChI=1S/C9H9F3N4/c1-2-13-7-6-5(9(10,11)12)3-14-8(6)16-4-15-7/h3-4H,2H2,1H3,(H2,13,14,15,16). The second kappa shape index (κ2) is 3.66. The third kappa shape index (κ3) is 1.68. The average molecular weight is 230 g/mol. The first kappa shape index (κ1) is 10.7. The molecule has 0 amide bonds. The lowest BCUT2D eigenvalue weighted by Gasteiger charge is -2.07. The summed E-state index contributed by atoms with van der Waals surface area (Å²) >= 11 is 0. The van der Waals surface area contributed by atoms with Gasteiger partial charge in [0, 0.05) is 12.7 Å². The average Bonchev–Trinajstić information content (AvgIpc) is 2.62. The van der Waals surface area contributed by atoms with E-state index in [1.807, 2.05) is 0 Å². The number of nitrogens with one attached hydrogen (secondary N) is 2. The molecule has 0 saturated carbocycles. The van der Waals surface area contributed by atoms with Crippen LogP contribution in [0.25, 0.3) is 11.0 Å². The molecule has 0 fully saturated rings. The van der Waals surface area contributed by atoms with Gasteiger partial charge < -0.3 is 10.3 Å². The molecule has 2 aromatic rings. The number of hydrogen-bond acceptors (Lipinski definition) is 3. The molecule has 0 radical (unpaired) electrons. The van der Waals surface area contributed by atoms with Crippen LogP contribution >= 0.6 is 0 Å². The fourth-order valence-electron chi connectivity index (χ4n) is 1.49. The number of alkyl halides is 3. The fourth-order valence-corrected chi connectivity index (χ4v) is 1.49. The zero-order chi connectivity index (χ0) is 11.8. The highest BCUT2D eigenvalue weighted by molar-refractivity contribution is 5.90. The first-order valence-corrected chi connectivity index (χ1v) is 4.67. The van der Waals surface area contributed by atoms with E-state index in [9.17, 15) is 13.2 Å². The van der Waals surface area contributed by atoms with Gasteiger partial charge in [-0.3, -0.25) is 0 Å². The molecule has 2 aromatic heterocycles. The predicted octanol–water partition coefficient (Wildman–Crippen LogP) is 2.41. The molecule has 0 aliphatic rings. The quantitative estimate of drug-likeness (QED) is 0.832. The topological polar surface area (TPSA) is 53.6 Å². The van der Waals surface area contributed by atoms with E-state index in [4.69, 9.17) is 0 Å². The third-order valence-electron chi connectivity index (χ3n) is 2.12. The lowest BCUT2D eigenvalue weighted by atomic mass is 10.2. The number of aromatic nitrogens is 3. The van der Waals surface area contributed by atoms with Gasteiger partial charge in [0.25, 0.3) is 0 Å². The summed E-state index contributed by atoms with van der Waals surface area (Å²) < 4.78 is 38.0. The Morgan fingerprint density at radius 2 is 2.12 bits per heavy atom. The minimum Gasteiger partial charge on any atom is -0.370 e. The van der Waals surface area contributed by atoms with Gasteiger partial charge in [-0.1, -0.05) is 0 Å². The first-order chi connectivity index (χ1) is 7.54. The molecule has 0 bridgehead atoms. The highest BCUT2D eigenvalue weighted by Gasteiger charge is 2.35. The molecule has 86 valence electrons. The molecule has 16 heavy (non-hydrogen) atoms. The summed E-state index contributed by atoms with van der Waals surface area (Å²) in [6.45, 7) is 2.28. The minimum atomic E-state index is -4.41. The number of halogens is 3. The SMILES string of the molecule is CCNc1ncnc2[nH]cc(C(F)(F)F)c12. The molecule has 2 rings (SSSR count). The van der Waals surface area contributed by atoms with E-state index in [-0.39, 0.29) is 16.9 Å². The van der Waals surface area contributed by atoms with Crippen LogP contribution in [-0.4, -0.2) is 21.5 Å². The first-order valence-electron chi connectivity index (χ1n) is 4.67. The van der Waals surface area contributed by atoms with Crippen LogP contribution in [0.4, 0.5) is 19.0 Å². The van der Waals surface area contributed by atoms with Gasteiger partial charge in [-0.2, -0.15) is 13.2 Å². The second-order valence-corrected chi connectivity index (χ2v) is 3.18. The van der Waals surface area contributed by atoms with Gasteiger partial charge >= 0.3 is 6.18 Å². The molecular formula is C9H9F3N4. The van der Waals surface area contributed by atoms with Gasteiger partial charge in [-0.25, -0.2) is 9.97 Å². The summed E-state index contributed by atoms with van der Waals surface area (Å²) in [7, 11) is 0. The summed E-state index contributed by atoms with van der Waals surface area (Å²) in [5.41, 5.74) is -0.572. The molecule has 7 heteroatoms. The maximum atomic E-state index is 12.7. The molecule has 0 unspecified atom stereocenters. The lowest BCUT2D eigenvalue weighted by Crippen LogP contribution is -2.06. The van der Waals surface area contributed by atoms with E-state index in [0.717, 1.165) is 6.20 Å². The van der Waals surface area contributed by atoms with Gasteiger partial charge in [-0.05, 0) is 6.92 Å². The van der Waals surface area contributed by atoms with Crippen LogP contribution in [0.3, 0.4) is 0 Å². The summed E-state index contributed by atoms with van der Waals surface area (Å²) in [6, 6.07) is 0. The number of anilines is 1. The van der Waals surface area contributed by atoms with Crippen molar-refractivity contribution in [2.24, 2.45) is 0 Å². The minimum absolute atomic E-state index is 0.0168. The number of fused-ring (bicyclic) bond motifs is 1.